The van der Waals surface area contributed by atoms with Crippen LogP contribution in [0.5, 0.6) is 0 Å². The summed E-state index contributed by atoms with van der Waals surface area (Å²) in [6.45, 7) is 1.73. The van der Waals surface area contributed by atoms with E-state index >= 15 is 0 Å². The van der Waals surface area contributed by atoms with Gasteiger partial charge in [0.1, 0.15) is 0 Å². The second-order valence-electron chi connectivity index (χ2n) is 6.76. The quantitative estimate of drug-likeness (QED) is 0.677. The van der Waals surface area contributed by atoms with E-state index in [0.29, 0.717) is 6.42 Å². The molecule has 1 fully saturated rings. The van der Waals surface area contributed by atoms with Crippen LogP contribution in [0.15, 0.2) is 47.8 Å². The lowest BCUT2D eigenvalue weighted by molar-refractivity contribution is -0.121. The molecule has 4 rings (SSSR count). The van der Waals surface area contributed by atoms with Crippen LogP contribution >= 0.6 is 22.9 Å². The molecule has 0 bridgehead atoms. The van der Waals surface area contributed by atoms with Crippen molar-refractivity contribution in [1.29, 1.82) is 0 Å². The van der Waals surface area contributed by atoms with Gasteiger partial charge in [-0.05, 0) is 42.0 Å². The van der Waals surface area contributed by atoms with Gasteiger partial charge in [-0.3, -0.25) is 9.89 Å². The molecule has 5 nitrogen and oxygen atoms in total. The van der Waals surface area contributed by atoms with Crippen molar-refractivity contribution in [2.24, 2.45) is 0 Å². The lowest BCUT2D eigenvalue weighted by Gasteiger charge is -2.33. The van der Waals surface area contributed by atoms with Crippen molar-refractivity contribution in [3.63, 3.8) is 0 Å². The number of halogens is 1. The molecule has 1 aromatic carbocycles. The highest BCUT2D eigenvalue weighted by molar-refractivity contribution is 7.10. The minimum Gasteiger partial charge on any atom is -0.353 e. The summed E-state index contributed by atoms with van der Waals surface area (Å²) in [4.78, 5) is 15.6. The van der Waals surface area contributed by atoms with Gasteiger partial charge < -0.3 is 10.2 Å². The van der Waals surface area contributed by atoms with Crippen molar-refractivity contribution >= 4 is 34.7 Å². The van der Waals surface area contributed by atoms with Crippen LogP contribution in [0.1, 0.15) is 17.7 Å². The zero-order valence-corrected chi connectivity index (χ0v) is 16.4. The van der Waals surface area contributed by atoms with Crippen LogP contribution in [0.4, 0.5) is 5.82 Å². The summed E-state index contributed by atoms with van der Waals surface area (Å²) >= 11 is 7.58. The van der Waals surface area contributed by atoms with Crippen LogP contribution in [0, 0.1) is 0 Å². The standard InChI is InChI=1S/C20H21ClN4OS/c21-15-7-5-14(6-8-15)18-12-19(24-23-18)25-9-1-3-16(13-25)22-20(26)11-17-4-2-10-27-17/h2,4-8,10,12,16H,1,3,9,11,13H2,(H,22,26)(H,23,24). The van der Waals surface area contributed by atoms with Crippen molar-refractivity contribution in [1.82, 2.24) is 15.5 Å². The zero-order valence-electron chi connectivity index (χ0n) is 14.8. The summed E-state index contributed by atoms with van der Waals surface area (Å²) in [6, 6.07) is 13.9. The van der Waals surface area contributed by atoms with Gasteiger partial charge in [0, 0.05) is 35.1 Å². The number of aromatic amines is 1. The van der Waals surface area contributed by atoms with E-state index in [1.165, 1.54) is 0 Å². The lowest BCUT2D eigenvalue weighted by Crippen LogP contribution is -2.48. The van der Waals surface area contributed by atoms with Crippen molar-refractivity contribution in [3.8, 4) is 11.3 Å². The Bertz CT molecular complexity index is 891. The average Bonchev–Trinajstić information content (AvgIpc) is 3.34. The topological polar surface area (TPSA) is 61.0 Å². The highest BCUT2D eigenvalue weighted by Gasteiger charge is 2.23. The number of aromatic nitrogens is 2. The molecule has 0 aliphatic carbocycles. The maximum absolute atomic E-state index is 12.3. The highest BCUT2D eigenvalue weighted by Crippen LogP contribution is 2.25. The van der Waals surface area contributed by atoms with E-state index in [1.807, 2.05) is 41.8 Å². The van der Waals surface area contributed by atoms with Crippen molar-refractivity contribution in [2.75, 3.05) is 18.0 Å². The predicted octanol–water partition coefficient (Wildman–Crippen LogP) is 4.12. The van der Waals surface area contributed by atoms with E-state index in [4.69, 9.17) is 11.6 Å². The van der Waals surface area contributed by atoms with E-state index in [2.05, 4.69) is 26.5 Å². The number of carbonyl (C=O) groups excluding carboxylic acids is 1. The van der Waals surface area contributed by atoms with Gasteiger partial charge in [-0.1, -0.05) is 29.8 Å². The van der Waals surface area contributed by atoms with Crippen LogP contribution in [-0.2, 0) is 11.2 Å². The zero-order chi connectivity index (χ0) is 18.6. The van der Waals surface area contributed by atoms with Gasteiger partial charge in [-0.25, -0.2) is 0 Å². The molecule has 2 aromatic heterocycles. The minimum atomic E-state index is 0.0909. The number of piperidine rings is 1. The van der Waals surface area contributed by atoms with Crippen molar-refractivity contribution in [3.05, 3.63) is 57.7 Å². The third kappa shape index (κ3) is 4.51. The van der Waals surface area contributed by atoms with Crippen LogP contribution in [0.3, 0.4) is 0 Å². The molecule has 1 unspecified atom stereocenters. The summed E-state index contributed by atoms with van der Waals surface area (Å²) in [5, 5.41) is 13.5. The van der Waals surface area contributed by atoms with Gasteiger partial charge in [-0.2, -0.15) is 5.10 Å². The van der Waals surface area contributed by atoms with E-state index in [9.17, 15) is 4.79 Å². The average molecular weight is 401 g/mol. The maximum atomic E-state index is 12.3. The molecule has 1 aliphatic heterocycles. The van der Waals surface area contributed by atoms with Crippen molar-refractivity contribution in [2.45, 2.75) is 25.3 Å². The maximum Gasteiger partial charge on any atom is 0.225 e. The Morgan fingerprint density at radius 3 is 2.96 bits per heavy atom. The first kappa shape index (κ1) is 18.1. The summed E-state index contributed by atoms with van der Waals surface area (Å²) in [7, 11) is 0. The number of carbonyl (C=O) groups is 1. The monoisotopic (exact) mass is 400 g/mol. The fourth-order valence-corrected chi connectivity index (χ4v) is 4.23. The highest BCUT2D eigenvalue weighted by atomic mass is 35.5. The third-order valence-electron chi connectivity index (χ3n) is 4.74. The normalized spacial score (nSPS) is 17.1. The number of amides is 1. The van der Waals surface area contributed by atoms with E-state index in [-0.39, 0.29) is 11.9 Å². The number of benzene rings is 1. The van der Waals surface area contributed by atoms with Crippen LogP contribution in [-0.4, -0.2) is 35.2 Å². The molecule has 1 saturated heterocycles. The van der Waals surface area contributed by atoms with Gasteiger partial charge in [-0.15, -0.1) is 11.3 Å². The first-order valence-corrected chi connectivity index (χ1v) is 10.3. The van der Waals surface area contributed by atoms with Gasteiger partial charge in [0.2, 0.25) is 5.91 Å². The minimum absolute atomic E-state index is 0.0909. The molecule has 3 heterocycles. The Hall–Kier alpha value is -2.31. The molecular formula is C20H21ClN4OS. The van der Waals surface area contributed by atoms with Gasteiger partial charge in [0.05, 0.1) is 12.1 Å². The molecule has 0 spiro atoms. The van der Waals surface area contributed by atoms with E-state index < -0.39 is 0 Å². The second kappa shape index (κ2) is 8.15. The van der Waals surface area contributed by atoms with Gasteiger partial charge in [0.15, 0.2) is 5.82 Å². The number of nitrogens with one attached hydrogen (secondary N) is 2. The summed E-state index contributed by atoms with van der Waals surface area (Å²) in [5.74, 6) is 1.00. The molecule has 2 N–H and O–H groups in total. The molecule has 1 atom stereocenters. The molecule has 1 aliphatic rings. The molecule has 0 saturated carbocycles. The predicted molar refractivity (Wildman–Crippen MR) is 110 cm³/mol. The Labute approximate surface area is 167 Å². The molecule has 3 aromatic rings. The Kier molecular flexibility index (Phi) is 5.45. The van der Waals surface area contributed by atoms with E-state index in [0.717, 1.165) is 52.9 Å². The molecule has 7 heteroatoms. The number of anilines is 1. The molecule has 0 radical (unpaired) electrons. The van der Waals surface area contributed by atoms with E-state index in [1.54, 1.807) is 11.3 Å². The number of nitrogens with zero attached hydrogens (tertiary/aromatic N) is 2. The van der Waals surface area contributed by atoms with Crippen LogP contribution in [0.25, 0.3) is 11.3 Å². The number of rotatable bonds is 5. The summed E-state index contributed by atoms with van der Waals surface area (Å²) in [6.07, 6.45) is 2.49. The third-order valence-corrected chi connectivity index (χ3v) is 5.87. The molecule has 1 amide bonds. The Morgan fingerprint density at radius 1 is 1.33 bits per heavy atom. The van der Waals surface area contributed by atoms with Gasteiger partial charge in [0.25, 0.3) is 0 Å². The first-order valence-electron chi connectivity index (χ1n) is 9.05. The summed E-state index contributed by atoms with van der Waals surface area (Å²) in [5.41, 5.74) is 2.02. The number of hydrogen-bond donors (Lipinski definition) is 2. The van der Waals surface area contributed by atoms with Crippen LogP contribution in [0.2, 0.25) is 5.02 Å². The molecule has 140 valence electrons. The van der Waals surface area contributed by atoms with Gasteiger partial charge >= 0.3 is 0 Å². The first-order chi connectivity index (χ1) is 13.2. The van der Waals surface area contributed by atoms with Crippen molar-refractivity contribution < 1.29 is 4.79 Å². The number of thiophene rings is 1. The second-order valence-corrected chi connectivity index (χ2v) is 8.22. The SMILES string of the molecule is O=C(Cc1cccs1)NC1CCCN(c2cc(-c3ccc(Cl)cc3)[nH]n2)C1. The Morgan fingerprint density at radius 2 is 2.19 bits per heavy atom. The fraction of sp³-hybridized carbons (Fsp3) is 0.300. The largest absolute Gasteiger partial charge is 0.353 e. The van der Waals surface area contributed by atoms with Crippen LogP contribution < -0.4 is 10.2 Å². The summed E-state index contributed by atoms with van der Waals surface area (Å²) < 4.78 is 0. The lowest BCUT2D eigenvalue weighted by atomic mass is 10.1. The number of hydrogen-bond acceptors (Lipinski definition) is 4. The molecular weight excluding hydrogens is 380 g/mol. The number of H-pyrrole nitrogens is 1. The smallest absolute Gasteiger partial charge is 0.225 e. The Balaban J connectivity index is 1.38. The molecule has 27 heavy (non-hydrogen) atoms. The fourth-order valence-electron chi connectivity index (χ4n) is 3.40.